The number of carbonyl (C=O) groups is 2. The van der Waals surface area contributed by atoms with Gasteiger partial charge in [0.05, 0.1) is 27.7 Å². The molecule has 0 aliphatic heterocycles. The lowest BCUT2D eigenvalue weighted by Crippen LogP contribution is -2.37. The third-order valence-electron chi connectivity index (χ3n) is 11.6. The van der Waals surface area contributed by atoms with E-state index in [4.69, 9.17) is 18.5 Å². The van der Waals surface area contributed by atoms with Crippen LogP contribution in [0.15, 0.2) is 48.6 Å². The van der Waals surface area contributed by atoms with Gasteiger partial charge >= 0.3 is 19.8 Å². The molecule has 1 N–H and O–H groups in total. The Labute approximate surface area is 401 Å². The molecule has 0 aliphatic rings. The van der Waals surface area contributed by atoms with Crippen molar-refractivity contribution in [2.45, 2.75) is 245 Å². The first-order chi connectivity index (χ1) is 31.5. The van der Waals surface area contributed by atoms with Crippen LogP contribution in [0.3, 0.4) is 0 Å². The molecule has 0 aromatic carbocycles. The van der Waals surface area contributed by atoms with Crippen LogP contribution in [0.1, 0.15) is 239 Å². The Hall–Kier alpha value is -2.03. The van der Waals surface area contributed by atoms with E-state index in [9.17, 15) is 19.0 Å². The van der Waals surface area contributed by atoms with Gasteiger partial charge in [0.2, 0.25) is 0 Å². The molecule has 0 fully saturated rings. The minimum absolute atomic E-state index is 0.0326. The summed E-state index contributed by atoms with van der Waals surface area (Å²) in [6.45, 7) is 4.34. The summed E-state index contributed by atoms with van der Waals surface area (Å²) in [7, 11) is 1.48. The summed E-state index contributed by atoms with van der Waals surface area (Å²) in [5, 5.41) is 0. The third kappa shape index (κ3) is 51.2. The van der Waals surface area contributed by atoms with E-state index in [-0.39, 0.29) is 25.6 Å². The molecule has 0 saturated heterocycles. The average Bonchev–Trinajstić information content (AvgIpc) is 3.26. The van der Waals surface area contributed by atoms with Crippen LogP contribution in [0.2, 0.25) is 0 Å². The number of nitrogens with zero attached hydrogens (tertiary/aromatic N) is 1. The summed E-state index contributed by atoms with van der Waals surface area (Å²) in [6.07, 6.45) is 57.4. The van der Waals surface area contributed by atoms with E-state index in [1.807, 2.05) is 21.1 Å². The minimum Gasteiger partial charge on any atom is -0.462 e. The summed E-state index contributed by atoms with van der Waals surface area (Å²) >= 11 is 0. The largest absolute Gasteiger partial charge is 0.472 e. The second-order valence-electron chi connectivity index (χ2n) is 19.2. The molecule has 2 unspecified atom stereocenters. The van der Waals surface area contributed by atoms with Crippen LogP contribution in [-0.4, -0.2) is 74.9 Å². The molecule has 0 aromatic heterocycles. The average molecular weight is 937 g/mol. The van der Waals surface area contributed by atoms with Crippen LogP contribution in [-0.2, 0) is 32.7 Å². The SMILES string of the molecule is CC/C=C\C/C=C\C/C=C\C/C=C\CCCCCCCCCCCCCCCCC(=O)OC(COC(=O)CCCCCCCCCCCCCCCC)COP(=O)(O)OCC[N+](C)(C)C. The van der Waals surface area contributed by atoms with Crippen LogP contribution < -0.4 is 0 Å². The van der Waals surface area contributed by atoms with Gasteiger partial charge in [-0.05, 0) is 51.4 Å². The number of rotatable bonds is 49. The molecule has 2 atom stereocenters. The maximum absolute atomic E-state index is 12.8. The van der Waals surface area contributed by atoms with E-state index in [2.05, 4.69) is 62.5 Å². The molecule has 10 heteroatoms. The van der Waals surface area contributed by atoms with E-state index in [0.29, 0.717) is 23.9 Å². The number of carbonyl (C=O) groups excluding carboxylic acids is 2. The summed E-state index contributed by atoms with van der Waals surface area (Å²) in [5.41, 5.74) is 0. The number of unbranched alkanes of at least 4 members (excludes halogenated alkanes) is 27. The monoisotopic (exact) mass is 937 g/mol. The quantitative estimate of drug-likeness (QED) is 0.0211. The molecule has 0 heterocycles. The summed E-state index contributed by atoms with van der Waals surface area (Å²) in [4.78, 5) is 35.6. The molecular formula is C55H103NO8P+. The Balaban J connectivity index is 4.14. The Bertz CT molecular complexity index is 1240. The molecule has 0 spiro atoms. The number of hydrogen-bond donors (Lipinski definition) is 1. The fourth-order valence-electron chi connectivity index (χ4n) is 7.48. The molecule has 0 aliphatic carbocycles. The number of phosphoric ester groups is 1. The first kappa shape index (κ1) is 63.0. The predicted octanol–water partition coefficient (Wildman–Crippen LogP) is 16.2. The smallest absolute Gasteiger partial charge is 0.462 e. The van der Waals surface area contributed by atoms with Crippen molar-refractivity contribution in [1.29, 1.82) is 0 Å². The van der Waals surface area contributed by atoms with E-state index < -0.39 is 26.5 Å². The van der Waals surface area contributed by atoms with Gasteiger partial charge in [0.25, 0.3) is 0 Å². The lowest BCUT2D eigenvalue weighted by molar-refractivity contribution is -0.870. The van der Waals surface area contributed by atoms with E-state index in [0.717, 1.165) is 57.8 Å². The Morgan fingerprint density at radius 3 is 1.31 bits per heavy atom. The van der Waals surface area contributed by atoms with Crippen LogP contribution in [0.4, 0.5) is 0 Å². The first-order valence-electron chi connectivity index (χ1n) is 26.9. The zero-order valence-electron chi connectivity index (χ0n) is 43.0. The van der Waals surface area contributed by atoms with Gasteiger partial charge < -0.3 is 18.9 Å². The van der Waals surface area contributed by atoms with E-state index in [1.54, 1.807) is 0 Å². The van der Waals surface area contributed by atoms with Crippen LogP contribution >= 0.6 is 7.82 Å². The highest BCUT2D eigenvalue weighted by Crippen LogP contribution is 2.43. The fourth-order valence-corrected chi connectivity index (χ4v) is 8.22. The lowest BCUT2D eigenvalue weighted by atomic mass is 10.0. The van der Waals surface area contributed by atoms with E-state index in [1.165, 1.54) is 148 Å². The van der Waals surface area contributed by atoms with Crippen LogP contribution in [0.25, 0.3) is 0 Å². The Kier molecular flexibility index (Phi) is 45.6. The predicted molar refractivity (Wildman–Crippen MR) is 275 cm³/mol. The molecule has 0 radical (unpaired) electrons. The first-order valence-corrected chi connectivity index (χ1v) is 28.4. The van der Waals surface area contributed by atoms with Gasteiger partial charge in [-0.2, -0.15) is 0 Å². The number of hydrogen-bond acceptors (Lipinski definition) is 7. The highest BCUT2D eigenvalue weighted by Gasteiger charge is 2.27. The highest BCUT2D eigenvalue weighted by molar-refractivity contribution is 7.47. The molecule has 0 amide bonds. The van der Waals surface area contributed by atoms with Crippen molar-refractivity contribution in [3.63, 3.8) is 0 Å². The molecule has 380 valence electrons. The number of allylic oxidation sites excluding steroid dienone is 8. The van der Waals surface area contributed by atoms with Crippen molar-refractivity contribution < 1.29 is 42.1 Å². The number of quaternary nitrogens is 1. The topological polar surface area (TPSA) is 108 Å². The summed E-state index contributed by atoms with van der Waals surface area (Å²) in [6, 6.07) is 0. The van der Waals surface area contributed by atoms with Crippen molar-refractivity contribution in [2.75, 3.05) is 47.5 Å². The maximum atomic E-state index is 12.8. The molecule has 65 heavy (non-hydrogen) atoms. The second kappa shape index (κ2) is 47.1. The van der Waals surface area contributed by atoms with Gasteiger partial charge in [0, 0.05) is 12.8 Å². The van der Waals surface area contributed by atoms with Crippen molar-refractivity contribution in [3.8, 4) is 0 Å². The van der Waals surface area contributed by atoms with Gasteiger partial charge in [-0.15, -0.1) is 0 Å². The Morgan fingerprint density at radius 2 is 0.877 bits per heavy atom. The molecular weight excluding hydrogens is 834 g/mol. The van der Waals surface area contributed by atoms with Crippen LogP contribution in [0.5, 0.6) is 0 Å². The number of esters is 2. The number of phosphoric acid groups is 1. The van der Waals surface area contributed by atoms with Crippen molar-refractivity contribution >= 4 is 19.8 Å². The normalized spacial score (nSPS) is 13.8. The van der Waals surface area contributed by atoms with Crippen molar-refractivity contribution in [3.05, 3.63) is 48.6 Å². The van der Waals surface area contributed by atoms with Crippen molar-refractivity contribution in [2.24, 2.45) is 0 Å². The minimum atomic E-state index is -4.38. The van der Waals surface area contributed by atoms with Gasteiger partial charge in [-0.1, -0.05) is 223 Å². The van der Waals surface area contributed by atoms with Gasteiger partial charge in [0.1, 0.15) is 19.8 Å². The fraction of sp³-hybridized carbons (Fsp3) is 0.818. The summed E-state index contributed by atoms with van der Waals surface area (Å²) in [5.74, 6) is -0.789. The molecule has 9 nitrogen and oxygen atoms in total. The Morgan fingerprint density at radius 1 is 0.492 bits per heavy atom. The molecule has 0 rings (SSSR count). The van der Waals surface area contributed by atoms with Crippen LogP contribution in [0, 0.1) is 0 Å². The molecule has 0 aromatic rings. The maximum Gasteiger partial charge on any atom is 0.472 e. The van der Waals surface area contributed by atoms with Gasteiger partial charge in [0.15, 0.2) is 6.10 Å². The van der Waals surface area contributed by atoms with Gasteiger partial charge in [-0.25, -0.2) is 4.57 Å². The standard InChI is InChI=1S/C55H102NO8P/c1-6-8-10-12-14-16-18-20-22-23-24-25-26-27-28-29-30-31-32-33-34-36-38-40-42-44-46-48-55(58)64-53(52-63-65(59,60)62-50-49-56(3,4)5)51-61-54(57)47-45-43-41-39-37-35-21-19-17-15-13-11-9-7-2/h8,10,14,16,20,22,24-25,53H,6-7,9,11-13,15,17-19,21,23,26-52H2,1-5H3/p+1/b10-8-,16-14-,22-20-,25-24-. The summed E-state index contributed by atoms with van der Waals surface area (Å²) < 4.78 is 34.5. The van der Waals surface area contributed by atoms with E-state index >= 15 is 0 Å². The zero-order valence-corrected chi connectivity index (χ0v) is 43.9. The van der Waals surface area contributed by atoms with Crippen molar-refractivity contribution in [1.82, 2.24) is 0 Å². The van der Waals surface area contributed by atoms with Gasteiger partial charge in [-0.3, -0.25) is 18.6 Å². The lowest BCUT2D eigenvalue weighted by Gasteiger charge is -2.24. The second-order valence-corrected chi connectivity index (χ2v) is 20.7. The third-order valence-corrected chi connectivity index (χ3v) is 12.6. The zero-order chi connectivity index (χ0) is 47.8. The molecule has 0 saturated carbocycles. The highest BCUT2D eigenvalue weighted by atomic mass is 31.2. The number of likely N-dealkylation sites (N-methyl/N-ethyl adjacent to an activating group) is 1. The molecule has 0 bridgehead atoms. The number of ether oxygens (including phenoxy) is 2.